The normalized spacial score (nSPS) is 25.5. The molecule has 1 aliphatic heterocycles. The zero-order valence-electron chi connectivity index (χ0n) is 13.0. The molecule has 0 aromatic heterocycles. The topological polar surface area (TPSA) is 40.0 Å². The Balaban J connectivity index is 1.65. The molecule has 1 fully saturated rings. The van der Waals surface area contributed by atoms with Gasteiger partial charge in [0, 0.05) is 0 Å². The van der Waals surface area contributed by atoms with Crippen LogP contribution in [0.1, 0.15) is 37.0 Å². The quantitative estimate of drug-likeness (QED) is 0.609. The van der Waals surface area contributed by atoms with E-state index in [1.54, 1.807) is 11.0 Å². The Morgan fingerprint density at radius 1 is 1.24 bits per heavy atom. The number of unbranched alkanes of at least 4 members (excludes halogenated alkanes) is 1. The molecule has 0 unspecified atom stereocenters. The van der Waals surface area contributed by atoms with Crippen molar-refractivity contribution in [3.63, 3.8) is 0 Å². The molecule has 1 aliphatic rings. The Hall–Kier alpha value is -1.39. The van der Waals surface area contributed by atoms with Gasteiger partial charge in [-0.2, -0.15) is 0 Å². The minimum Gasteiger partial charge on any atom is -0.493 e. The van der Waals surface area contributed by atoms with Gasteiger partial charge in [0.15, 0.2) is 6.29 Å². The Morgan fingerprint density at radius 3 is 2.67 bits per heavy atom. The first-order valence-electron chi connectivity index (χ1n) is 7.85. The lowest BCUT2D eigenvalue weighted by atomic mass is 10.2. The van der Waals surface area contributed by atoms with Gasteiger partial charge < -0.3 is 14.4 Å². The maximum Gasteiger partial charge on any atom is 0.153 e. The lowest BCUT2D eigenvalue weighted by molar-refractivity contribution is -0.915. The number of hydrogen-bond acceptors (Lipinski definition) is 3. The molecular formula is C17H26NO3+. The van der Waals surface area contributed by atoms with Crippen molar-refractivity contribution < 1.29 is 19.2 Å². The molecular weight excluding hydrogens is 266 g/mol. The van der Waals surface area contributed by atoms with Crippen LogP contribution >= 0.6 is 0 Å². The highest BCUT2D eigenvalue weighted by Gasteiger charge is 2.24. The van der Waals surface area contributed by atoms with E-state index in [9.17, 15) is 4.79 Å². The summed E-state index contributed by atoms with van der Waals surface area (Å²) in [6, 6.07) is 7.37. The van der Waals surface area contributed by atoms with Crippen LogP contribution in [0, 0.1) is 0 Å². The lowest BCUT2D eigenvalue weighted by Gasteiger charge is -2.32. The maximum absolute atomic E-state index is 10.9. The van der Waals surface area contributed by atoms with Crippen molar-refractivity contribution in [3.05, 3.63) is 29.8 Å². The minimum atomic E-state index is 0.361. The number of carbonyl (C=O) groups is 1. The molecule has 0 aliphatic carbocycles. The predicted molar refractivity (Wildman–Crippen MR) is 82.1 cm³/mol. The summed E-state index contributed by atoms with van der Waals surface area (Å²) in [5.74, 6) is 0.688. The average molecular weight is 292 g/mol. The van der Waals surface area contributed by atoms with Gasteiger partial charge in [-0.1, -0.05) is 12.1 Å². The monoisotopic (exact) mass is 292 g/mol. The molecule has 0 spiro atoms. The molecule has 1 saturated heterocycles. The molecule has 1 aromatic carbocycles. The first-order valence-corrected chi connectivity index (χ1v) is 7.85. The maximum atomic E-state index is 10.9. The average Bonchev–Trinajstić information content (AvgIpc) is 2.46. The van der Waals surface area contributed by atoms with Gasteiger partial charge in [0.25, 0.3) is 0 Å². The van der Waals surface area contributed by atoms with E-state index >= 15 is 0 Å². The van der Waals surface area contributed by atoms with Crippen LogP contribution in [0.25, 0.3) is 0 Å². The highest BCUT2D eigenvalue weighted by Crippen LogP contribution is 2.15. The summed E-state index contributed by atoms with van der Waals surface area (Å²) in [5, 5.41) is 0. The zero-order chi connectivity index (χ0) is 15.1. The second kappa shape index (κ2) is 8.15. The van der Waals surface area contributed by atoms with Crippen molar-refractivity contribution in [1.82, 2.24) is 0 Å². The fraction of sp³-hybridized carbons (Fsp3) is 0.588. The van der Waals surface area contributed by atoms with Gasteiger partial charge in [-0.05, 0) is 38.8 Å². The van der Waals surface area contributed by atoms with Crippen LogP contribution in [0.15, 0.2) is 24.3 Å². The number of morpholine rings is 1. The summed E-state index contributed by atoms with van der Waals surface area (Å²) < 4.78 is 11.4. The molecule has 1 heterocycles. The zero-order valence-corrected chi connectivity index (χ0v) is 13.0. The van der Waals surface area contributed by atoms with Gasteiger partial charge in [0.1, 0.15) is 31.0 Å². The first kappa shape index (κ1) is 16.0. The molecule has 2 atom stereocenters. The SMILES string of the molecule is C[C@H]1C[NH+](CCCCOc2ccccc2C=O)C[C@H](C)O1. The summed E-state index contributed by atoms with van der Waals surface area (Å²) in [6.45, 7) is 8.32. The van der Waals surface area contributed by atoms with Gasteiger partial charge in [0.05, 0.1) is 18.7 Å². The number of aldehydes is 1. The molecule has 116 valence electrons. The van der Waals surface area contributed by atoms with Crippen molar-refractivity contribution in [2.45, 2.75) is 38.9 Å². The second-order valence-electron chi connectivity index (χ2n) is 5.88. The van der Waals surface area contributed by atoms with Gasteiger partial charge >= 0.3 is 0 Å². The van der Waals surface area contributed by atoms with Crippen molar-refractivity contribution in [3.8, 4) is 5.75 Å². The third-order valence-electron chi connectivity index (χ3n) is 3.85. The Bertz CT molecular complexity index is 439. The molecule has 1 aromatic rings. The van der Waals surface area contributed by atoms with Crippen LogP contribution in [0.2, 0.25) is 0 Å². The summed E-state index contributed by atoms with van der Waals surface area (Å²) in [7, 11) is 0. The number of para-hydroxylation sites is 1. The standard InChI is InChI=1S/C17H25NO3/c1-14-11-18(12-15(2)21-14)9-5-6-10-20-17-8-4-3-7-16(17)13-19/h3-4,7-8,13-15H,5-6,9-12H2,1-2H3/p+1/t14-,15-/m0/s1. The van der Waals surface area contributed by atoms with E-state index in [1.165, 1.54) is 0 Å². The van der Waals surface area contributed by atoms with Crippen molar-refractivity contribution in [1.29, 1.82) is 0 Å². The van der Waals surface area contributed by atoms with Gasteiger partial charge in [-0.15, -0.1) is 0 Å². The smallest absolute Gasteiger partial charge is 0.153 e. The van der Waals surface area contributed by atoms with Crippen LogP contribution in [0.4, 0.5) is 0 Å². The number of rotatable bonds is 7. The fourth-order valence-electron chi connectivity index (χ4n) is 2.96. The van der Waals surface area contributed by atoms with Gasteiger partial charge in [-0.3, -0.25) is 4.79 Å². The summed E-state index contributed by atoms with van der Waals surface area (Å²) in [4.78, 5) is 12.5. The highest BCUT2D eigenvalue weighted by molar-refractivity contribution is 5.79. The fourth-order valence-corrected chi connectivity index (χ4v) is 2.96. The summed E-state index contributed by atoms with van der Waals surface area (Å²) in [6.07, 6.45) is 3.72. The summed E-state index contributed by atoms with van der Waals surface area (Å²) >= 11 is 0. The Labute approximate surface area is 127 Å². The number of quaternary nitrogens is 1. The van der Waals surface area contributed by atoms with Crippen LogP contribution in [-0.2, 0) is 4.74 Å². The summed E-state index contributed by atoms with van der Waals surface area (Å²) in [5.41, 5.74) is 0.624. The molecule has 21 heavy (non-hydrogen) atoms. The Kier molecular flexibility index (Phi) is 6.21. The molecule has 4 nitrogen and oxygen atoms in total. The van der Waals surface area contributed by atoms with Crippen LogP contribution < -0.4 is 9.64 Å². The number of ether oxygens (including phenoxy) is 2. The van der Waals surface area contributed by atoms with Crippen molar-refractivity contribution in [2.24, 2.45) is 0 Å². The highest BCUT2D eigenvalue weighted by atomic mass is 16.5. The molecule has 0 saturated carbocycles. The number of benzene rings is 1. The van der Waals surface area contributed by atoms with Crippen molar-refractivity contribution >= 4 is 6.29 Å². The van der Waals surface area contributed by atoms with Gasteiger partial charge in [-0.25, -0.2) is 0 Å². The predicted octanol–water partition coefficient (Wildman–Crippen LogP) is 1.35. The molecule has 0 radical (unpaired) electrons. The van der Waals surface area contributed by atoms with Crippen LogP contribution in [0.3, 0.4) is 0 Å². The molecule has 0 amide bonds. The molecule has 1 N–H and O–H groups in total. The largest absolute Gasteiger partial charge is 0.493 e. The van der Waals surface area contributed by atoms with Crippen molar-refractivity contribution in [2.75, 3.05) is 26.2 Å². The van der Waals surface area contributed by atoms with Crippen LogP contribution in [-0.4, -0.2) is 44.7 Å². The van der Waals surface area contributed by atoms with E-state index in [4.69, 9.17) is 9.47 Å². The van der Waals surface area contributed by atoms with E-state index in [0.717, 1.165) is 38.8 Å². The molecule has 4 heteroatoms. The van der Waals surface area contributed by atoms with Gasteiger partial charge in [0.2, 0.25) is 0 Å². The number of hydrogen-bond donors (Lipinski definition) is 1. The lowest BCUT2D eigenvalue weighted by Crippen LogP contribution is -3.15. The van der Waals surface area contributed by atoms with E-state index < -0.39 is 0 Å². The van der Waals surface area contributed by atoms with E-state index in [1.807, 2.05) is 18.2 Å². The number of carbonyl (C=O) groups excluding carboxylic acids is 1. The third-order valence-corrected chi connectivity index (χ3v) is 3.85. The minimum absolute atomic E-state index is 0.361. The van der Waals surface area contributed by atoms with Crippen LogP contribution in [0.5, 0.6) is 5.75 Å². The molecule has 2 rings (SSSR count). The Morgan fingerprint density at radius 2 is 1.95 bits per heavy atom. The first-order chi connectivity index (χ1) is 10.2. The number of nitrogens with one attached hydrogen (secondary N) is 1. The van der Waals surface area contributed by atoms with E-state index in [0.29, 0.717) is 30.1 Å². The second-order valence-corrected chi connectivity index (χ2v) is 5.88. The molecule has 0 bridgehead atoms. The third kappa shape index (κ3) is 5.14. The van der Waals surface area contributed by atoms with E-state index in [-0.39, 0.29) is 0 Å². The van der Waals surface area contributed by atoms with E-state index in [2.05, 4.69) is 13.8 Å².